The van der Waals surface area contributed by atoms with Crippen LogP contribution >= 0.6 is 0 Å². The van der Waals surface area contributed by atoms with E-state index in [1.807, 2.05) is 29.2 Å². The zero-order valence-electron chi connectivity index (χ0n) is 10.2. The van der Waals surface area contributed by atoms with E-state index in [1.54, 1.807) is 0 Å². The minimum Gasteiger partial charge on any atom is -0.489 e. The number of benzene rings is 1. The molecule has 0 spiro atoms. The van der Waals surface area contributed by atoms with Gasteiger partial charge in [0.1, 0.15) is 6.61 Å². The van der Waals surface area contributed by atoms with Crippen LogP contribution in [0.2, 0.25) is 0 Å². The molecule has 1 aromatic carbocycles. The second-order valence-electron chi connectivity index (χ2n) is 4.47. The molecule has 0 saturated heterocycles. The summed E-state index contributed by atoms with van der Waals surface area (Å²) in [5.74, 6) is 0.753. The fourth-order valence-electron chi connectivity index (χ4n) is 2.34. The summed E-state index contributed by atoms with van der Waals surface area (Å²) in [6, 6.07) is 5.68. The highest BCUT2D eigenvalue weighted by Gasteiger charge is 2.23. The topological polar surface area (TPSA) is 41.6 Å². The SMILES string of the molecule is O=C(c1cccc2c1OCCN2)N1CC=CCC1. The molecule has 2 heterocycles. The Hall–Kier alpha value is -1.97. The van der Waals surface area contributed by atoms with Gasteiger partial charge in [-0.05, 0) is 18.6 Å². The van der Waals surface area contributed by atoms with E-state index < -0.39 is 0 Å². The summed E-state index contributed by atoms with van der Waals surface area (Å²) in [7, 11) is 0. The average Bonchev–Trinajstić information content (AvgIpc) is 2.47. The van der Waals surface area contributed by atoms with Crippen LogP contribution < -0.4 is 10.1 Å². The molecule has 0 aromatic heterocycles. The van der Waals surface area contributed by atoms with Gasteiger partial charge in [0.05, 0.1) is 11.3 Å². The van der Waals surface area contributed by atoms with Crippen molar-refractivity contribution in [1.82, 2.24) is 4.90 Å². The van der Waals surface area contributed by atoms with E-state index in [1.165, 1.54) is 0 Å². The molecule has 0 atom stereocenters. The second-order valence-corrected chi connectivity index (χ2v) is 4.47. The quantitative estimate of drug-likeness (QED) is 0.767. The smallest absolute Gasteiger partial charge is 0.257 e. The van der Waals surface area contributed by atoms with Crippen molar-refractivity contribution < 1.29 is 9.53 Å². The van der Waals surface area contributed by atoms with Crippen LogP contribution in [0, 0.1) is 0 Å². The Morgan fingerprint density at radius 2 is 2.28 bits per heavy atom. The normalized spacial score (nSPS) is 17.7. The maximum Gasteiger partial charge on any atom is 0.257 e. The zero-order chi connectivity index (χ0) is 12.4. The molecule has 0 unspecified atom stereocenters. The number of nitrogens with zero attached hydrogens (tertiary/aromatic N) is 1. The number of amides is 1. The predicted molar refractivity (Wildman–Crippen MR) is 70.1 cm³/mol. The third-order valence-corrected chi connectivity index (χ3v) is 3.25. The van der Waals surface area contributed by atoms with E-state index in [-0.39, 0.29) is 5.91 Å². The van der Waals surface area contributed by atoms with Gasteiger partial charge in [0, 0.05) is 19.6 Å². The van der Waals surface area contributed by atoms with Gasteiger partial charge in [-0.25, -0.2) is 0 Å². The summed E-state index contributed by atoms with van der Waals surface area (Å²) in [6.45, 7) is 2.87. The Labute approximate surface area is 106 Å². The second kappa shape index (κ2) is 4.72. The van der Waals surface area contributed by atoms with Crippen molar-refractivity contribution in [3.05, 3.63) is 35.9 Å². The molecule has 0 saturated carbocycles. The number of anilines is 1. The molecule has 94 valence electrons. The number of carbonyl (C=O) groups is 1. The van der Waals surface area contributed by atoms with E-state index in [4.69, 9.17) is 4.74 Å². The Balaban J connectivity index is 1.91. The van der Waals surface area contributed by atoms with Gasteiger partial charge in [0.15, 0.2) is 5.75 Å². The Kier molecular flexibility index (Phi) is 2.92. The minimum absolute atomic E-state index is 0.0555. The van der Waals surface area contributed by atoms with Crippen molar-refractivity contribution in [2.75, 3.05) is 31.6 Å². The van der Waals surface area contributed by atoms with Crippen molar-refractivity contribution in [3.63, 3.8) is 0 Å². The lowest BCUT2D eigenvalue weighted by Gasteiger charge is -2.26. The first-order valence-corrected chi connectivity index (χ1v) is 6.30. The number of para-hydroxylation sites is 1. The van der Waals surface area contributed by atoms with Crippen LogP contribution in [0.25, 0.3) is 0 Å². The third kappa shape index (κ3) is 1.94. The number of fused-ring (bicyclic) bond motifs is 1. The average molecular weight is 244 g/mol. The van der Waals surface area contributed by atoms with Crippen molar-refractivity contribution in [1.29, 1.82) is 0 Å². The van der Waals surface area contributed by atoms with Crippen LogP contribution in [0.4, 0.5) is 5.69 Å². The maximum absolute atomic E-state index is 12.5. The van der Waals surface area contributed by atoms with Gasteiger partial charge in [-0.2, -0.15) is 0 Å². The molecule has 1 aromatic rings. The molecule has 0 radical (unpaired) electrons. The molecule has 0 aliphatic carbocycles. The fraction of sp³-hybridized carbons (Fsp3) is 0.357. The lowest BCUT2D eigenvalue weighted by atomic mass is 10.1. The number of carbonyl (C=O) groups excluding carboxylic acids is 1. The van der Waals surface area contributed by atoms with Crippen LogP contribution in [0.5, 0.6) is 5.75 Å². The minimum atomic E-state index is 0.0555. The lowest BCUT2D eigenvalue weighted by Crippen LogP contribution is -2.34. The van der Waals surface area contributed by atoms with Gasteiger partial charge in [0.2, 0.25) is 0 Å². The predicted octanol–water partition coefficient (Wildman–Crippen LogP) is 1.89. The number of hydrogen-bond acceptors (Lipinski definition) is 3. The molecule has 2 aliphatic heterocycles. The third-order valence-electron chi connectivity index (χ3n) is 3.25. The number of rotatable bonds is 1. The highest BCUT2D eigenvalue weighted by Crippen LogP contribution is 2.32. The van der Waals surface area contributed by atoms with Crippen molar-refractivity contribution in [2.45, 2.75) is 6.42 Å². The molecule has 0 fully saturated rings. The first kappa shape index (κ1) is 11.1. The monoisotopic (exact) mass is 244 g/mol. The number of ether oxygens (including phenoxy) is 1. The summed E-state index contributed by atoms with van der Waals surface area (Å²) in [6.07, 6.45) is 5.08. The van der Waals surface area contributed by atoms with Crippen molar-refractivity contribution in [2.24, 2.45) is 0 Å². The lowest BCUT2D eigenvalue weighted by molar-refractivity contribution is 0.0766. The van der Waals surface area contributed by atoms with Crippen LogP contribution in [0.15, 0.2) is 30.4 Å². The van der Waals surface area contributed by atoms with E-state index in [9.17, 15) is 4.79 Å². The van der Waals surface area contributed by atoms with Gasteiger partial charge in [-0.15, -0.1) is 0 Å². The fourth-order valence-corrected chi connectivity index (χ4v) is 2.34. The van der Waals surface area contributed by atoms with Gasteiger partial charge in [-0.3, -0.25) is 4.79 Å². The van der Waals surface area contributed by atoms with Crippen LogP contribution in [0.3, 0.4) is 0 Å². The van der Waals surface area contributed by atoms with Crippen LogP contribution in [-0.2, 0) is 0 Å². The molecule has 2 aliphatic rings. The summed E-state index contributed by atoms with van der Waals surface area (Å²) >= 11 is 0. The Morgan fingerprint density at radius 1 is 1.33 bits per heavy atom. The van der Waals surface area contributed by atoms with Crippen LogP contribution in [-0.4, -0.2) is 37.0 Å². The summed E-state index contributed by atoms with van der Waals surface area (Å²) in [5.41, 5.74) is 1.58. The standard InChI is InChI=1S/C14H16N2O2/c17-14(16-8-2-1-3-9-16)11-5-4-6-12-13(11)18-10-7-15-12/h1-2,4-6,15H,3,7-10H2. The zero-order valence-corrected chi connectivity index (χ0v) is 10.2. The molecule has 1 N–H and O–H groups in total. The largest absolute Gasteiger partial charge is 0.489 e. The summed E-state index contributed by atoms with van der Waals surface area (Å²) in [4.78, 5) is 14.3. The molecule has 1 amide bonds. The first-order chi connectivity index (χ1) is 8.86. The highest BCUT2D eigenvalue weighted by molar-refractivity contribution is 5.99. The molecular weight excluding hydrogens is 228 g/mol. The van der Waals surface area contributed by atoms with E-state index >= 15 is 0 Å². The molecule has 18 heavy (non-hydrogen) atoms. The van der Waals surface area contributed by atoms with Gasteiger partial charge < -0.3 is 15.0 Å². The van der Waals surface area contributed by atoms with Crippen LogP contribution in [0.1, 0.15) is 16.8 Å². The van der Waals surface area contributed by atoms with Crippen molar-refractivity contribution in [3.8, 4) is 5.75 Å². The maximum atomic E-state index is 12.5. The number of nitrogens with one attached hydrogen (secondary N) is 1. The highest BCUT2D eigenvalue weighted by atomic mass is 16.5. The van der Waals surface area contributed by atoms with E-state index in [0.717, 1.165) is 25.2 Å². The molecular formula is C14H16N2O2. The summed E-state index contributed by atoms with van der Waals surface area (Å²) in [5, 5.41) is 3.25. The van der Waals surface area contributed by atoms with Gasteiger partial charge in [0.25, 0.3) is 5.91 Å². The van der Waals surface area contributed by atoms with E-state index in [0.29, 0.717) is 24.5 Å². The van der Waals surface area contributed by atoms with Crippen molar-refractivity contribution >= 4 is 11.6 Å². The molecule has 0 bridgehead atoms. The number of hydrogen-bond donors (Lipinski definition) is 1. The van der Waals surface area contributed by atoms with Gasteiger partial charge >= 0.3 is 0 Å². The van der Waals surface area contributed by atoms with E-state index in [2.05, 4.69) is 11.4 Å². The Bertz CT molecular complexity index is 497. The molecule has 4 nitrogen and oxygen atoms in total. The first-order valence-electron chi connectivity index (χ1n) is 6.30. The summed E-state index contributed by atoms with van der Waals surface area (Å²) < 4.78 is 5.64. The molecule has 4 heteroatoms. The van der Waals surface area contributed by atoms with Gasteiger partial charge in [-0.1, -0.05) is 18.2 Å². The molecule has 3 rings (SSSR count). The Morgan fingerprint density at radius 3 is 3.11 bits per heavy atom.